The van der Waals surface area contributed by atoms with Crippen molar-refractivity contribution in [3.8, 4) is 12.3 Å². The molecular weight excluding hydrogens is 278 g/mol. The maximum absolute atomic E-state index is 12.4. The van der Waals surface area contributed by atoms with Crippen LogP contribution in [-0.4, -0.2) is 44.5 Å². The third kappa shape index (κ3) is 3.82. The molecule has 0 unspecified atom stereocenters. The van der Waals surface area contributed by atoms with Crippen LogP contribution in [0.15, 0.2) is 12.3 Å². The van der Waals surface area contributed by atoms with Gasteiger partial charge in [0.15, 0.2) is 0 Å². The van der Waals surface area contributed by atoms with Gasteiger partial charge in [-0.05, 0) is 13.8 Å². The standard InChI is InChI=1S/C13H15N3O5/c1-4-5-14(8-12(17)18)13(19)11-6-10(16(20)21)7-15(11)9(2)3/h1,6-7,9H,5,8H2,2-3H3,(H,17,18). The quantitative estimate of drug-likeness (QED) is 0.481. The number of nitrogens with zero attached hydrogens (tertiary/aromatic N) is 3. The van der Waals surface area contributed by atoms with Gasteiger partial charge in [-0.2, -0.15) is 0 Å². The Morgan fingerprint density at radius 3 is 2.62 bits per heavy atom. The van der Waals surface area contributed by atoms with E-state index in [9.17, 15) is 19.7 Å². The molecule has 112 valence electrons. The monoisotopic (exact) mass is 293 g/mol. The number of nitro groups is 1. The lowest BCUT2D eigenvalue weighted by molar-refractivity contribution is -0.384. The van der Waals surface area contributed by atoms with Gasteiger partial charge in [0, 0.05) is 12.1 Å². The van der Waals surface area contributed by atoms with Crippen LogP contribution < -0.4 is 0 Å². The van der Waals surface area contributed by atoms with Crippen molar-refractivity contribution in [1.29, 1.82) is 0 Å². The van der Waals surface area contributed by atoms with Crippen LogP contribution in [0, 0.1) is 22.5 Å². The fourth-order valence-electron chi connectivity index (χ4n) is 1.80. The highest BCUT2D eigenvalue weighted by molar-refractivity contribution is 5.95. The molecular formula is C13H15N3O5. The maximum atomic E-state index is 12.4. The topological polar surface area (TPSA) is 106 Å². The summed E-state index contributed by atoms with van der Waals surface area (Å²) < 4.78 is 1.42. The number of carbonyl (C=O) groups excluding carboxylic acids is 1. The van der Waals surface area contributed by atoms with Crippen molar-refractivity contribution in [3.05, 3.63) is 28.1 Å². The summed E-state index contributed by atoms with van der Waals surface area (Å²) in [5.41, 5.74) is -0.198. The number of amides is 1. The minimum absolute atomic E-state index is 0.0354. The van der Waals surface area contributed by atoms with Crippen LogP contribution >= 0.6 is 0 Å². The lowest BCUT2D eigenvalue weighted by atomic mass is 10.3. The highest BCUT2D eigenvalue weighted by Crippen LogP contribution is 2.22. The fourth-order valence-corrected chi connectivity index (χ4v) is 1.80. The molecule has 0 aromatic carbocycles. The zero-order chi connectivity index (χ0) is 16.2. The molecule has 8 nitrogen and oxygen atoms in total. The van der Waals surface area contributed by atoms with E-state index >= 15 is 0 Å². The predicted molar refractivity (Wildman–Crippen MR) is 73.8 cm³/mol. The lowest BCUT2D eigenvalue weighted by Crippen LogP contribution is -2.37. The van der Waals surface area contributed by atoms with Crippen LogP contribution in [0.3, 0.4) is 0 Å². The molecule has 1 aromatic heterocycles. The van der Waals surface area contributed by atoms with Gasteiger partial charge in [0.1, 0.15) is 12.2 Å². The molecule has 1 heterocycles. The van der Waals surface area contributed by atoms with E-state index in [0.29, 0.717) is 0 Å². The average molecular weight is 293 g/mol. The molecule has 8 heteroatoms. The van der Waals surface area contributed by atoms with Gasteiger partial charge in [-0.3, -0.25) is 19.7 Å². The van der Waals surface area contributed by atoms with Gasteiger partial charge in [0.2, 0.25) is 0 Å². The normalized spacial score (nSPS) is 10.2. The predicted octanol–water partition coefficient (Wildman–Crippen LogP) is 1.14. The molecule has 1 N–H and O–H groups in total. The highest BCUT2D eigenvalue weighted by Gasteiger charge is 2.25. The second kappa shape index (κ2) is 6.56. The highest BCUT2D eigenvalue weighted by atomic mass is 16.6. The van der Waals surface area contributed by atoms with E-state index in [2.05, 4.69) is 5.92 Å². The molecule has 0 atom stereocenters. The van der Waals surface area contributed by atoms with E-state index < -0.39 is 23.3 Å². The molecule has 0 saturated heterocycles. The first kappa shape index (κ1) is 16.2. The number of hydrogen-bond donors (Lipinski definition) is 1. The van der Waals surface area contributed by atoms with Crippen molar-refractivity contribution in [2.24, 2.45) is 0 Å². The van der Waals surface area contributed by atoms with Crippen LogP contribution in [0.25, 0.3) is 0 Å². The van der Waals surface area contributed by atoms with Crippen LogP contribution in [0.2, 0.25) is 0 Å². The Bertz CT molecular complexity index is 612. The van der Waals surface area contributed by atoms with Crippen LogP contribution in [-0.2, 0) is 4.79 Å². The van der Waals surface area contributed by atoms with Gasteiger partial charge in [0.05, 0.1) is 17.7 Å². The summed E-state index contributed by atoms with van der Waals surface area (Å²) in [6, 6.07) is 0.920. The van der Waals surface area contributed by atoms with Gasteiger partial charge in [0.25, 0.3) is 11.6 Å². The van der Waals surface area contributed by atoms with Crippen molar-refractivity contribution in [2.45, 2.75) is 19.9 Å². The first-order valence-electron chi connectivity index (χ1n) is 6.08. The van der Waals surface area contributed by atoms with Crippen molar-refractivity contribution in [2.75, 3.05) is 13.1 Å². The molecule has 1 amide bonds. The summed E-state index contributed by atoms with van der Waals surface area (Å²) in [5, 5.41) is 19.6. The van der Waals surface area contributed by atoms with Crippen molar-refractivity contribution in [3.63, 3.8) is 0 Å². The smallest absolute Gasteiger partial charge is 0.323 e. The van der Waals surface area contributed by atoms with E-state index in [0.717, 1.165) is 11.0 Å². The molecule has 1 rings (SSSR count). The zero-order valence-electron chi connectivity index (χ0n) is 11.6. The number of aromatic nitrogens is 1. The van der Waals surface area contributed by atoms with Gasteiger partial charge in [-0.15, -0.1) is 6.42 Å². The largest absolute Gasteiger partial charge is 0.480 e. The Kier molecular flexibility index (Phi) is 5.07. The van der Waals surface area contributed by atoms with Gasteiger partial charge >= 0.3 is 5.97 Å². The Morgan fingerprint density at radius 2 is 2.19 bits per heavy atom. The minimum Gasteiger partial charge on any atom is -0.480 e. The molecule has 21 heavy (non-hydrogen) atoms. The van der Waals surface area contributed by atoms with E-state index in [1.54, 1.807) is 13.8 Å². The van der Waals surface area contributed by atoms with Crippen LogP contribution in [0.1, 0.15) is 30.4 Å². The number of carbonyl (C=O) groups is 2. The molecule has 0 saturated carbocycles. The maximum Gasteiger partial charge on any atom is 0.323 e. The summed E-state index contributed by atoms with van der Waals surface area (Å²) in [7, 11) is 0. The molecule has 0 radical (unpaired) electrons. The minimum atomic E-state index is -1.21. The Hall–Kier alpha value is -2.82. The first-order chi connectivity index (χ1) is 9.77. The van der Waals surface area contributed by atoms with Crippen molar-refractivity contribution < 1.29 is 19.6 Å². The van der Waals surface area contributed by atoms with E-state index in [-0.39, 0.29) is 24.0 Å². The lowest BCUT2D eigenvalue weighted by Gasteiger charge is -2.20. The van der Waals surface area contributed by atoms with Crippen LogP contribution in [0.4, 0.5) is 5.69 Å². The summed E-state index contributed by atoms with van der Waals surface area (Å²) in [6.07, 6.45) is 6.36. The Labute approximate surface area is 121 Å². The van der Waals surface area contributed by atoms with Gasteiger partial charge in [-0.25, -0.2) is 0 Å². The van der Waals surface area contributed by atoms with E-state index in [1.165, 1.54) is 10.8 Å². The third-order valence-electron chi connectivity index (χ3n) is 2.72. The molecule has 0 spiro atoms. The van der Waals surface area contributed by atoms with Crippen molar-refractivity contribution >= 4 is 17.6 Å². The fraction of sp³-hybridized carbons (Fsp3) is 0.385. The summed E-state index contributed by atoms with van der Waals surface area (Å²) in [6.45, 7) is 2.74. The van der Waals surface area contributed by atoms with Crippen molar-refractivity contribution in [1.82, 2.24) is 9.47 Å². The molecule has 0 bridgehead atoms. The summed E-state index contributed by atoms with van der Waals surface area (Å²) in [5.74, 6) is 0.333. The van der Waals surface area contributed by atoms with Gasteiger partial charge in [-0.1, -0.05) is 5.92 Å². The molecule has 0 aliphatic rings. The average Bonchev–Trinajstić information content (AvgIpc) is 2.82. The second-order valence-electron chi connectivity index (χ2n) is 4.60. The summed E-state index contributed by atoms with van der Waals surface area (Å²) >= 11 is 0. The molecule has 0 fully saturated rings. The third-order valence-corrected chi connectivity index (χ3v) is 2.72. The van der Waals surface area contributed by atoms with Crippen LogP contribution in [0.5, 0.6) is 0 Å². The number of aliphatic carboxylic acids is 1. The SMILES string of the molecule is C#CCN(CC(=O)O)C(=O)c1cc([N+](=O)[O-])cn1C(C)C. The zero-order valence-corrected chi connectivity index (χ0v) is 11.6. The Morgan fingerprint density at radius 1 is 1.57 bits per heavy atom. The van der Waals surface area contributed by atoms with E-state index in [4.69, 9.17) is 11.5 Å². The number of rotatable bonds is 6. The number of terminal acetylenes is 1. The Balaban J connectivity index is 3.23. The van der Waals surface area contributed by atoms with E-state index in [1.807, 2.05) is 0 Å². The summed E-state index contributed by atoms with van der Waals surface area (Å²) in [4.78, 5) is 34.3. The molecule has 0 aliphatic heterocycles. The number of hydrogen-bond acceptors (Lipinski definition) is 4. The molecule has 1 aromatic rings. The first-order valence-corrected chi connectivity index (χ1v) is 6.08. The number of carboxylic acids is 1. The number of carboxylic acid groups (broad SMARTS) is 1. The van der Waals surface area contributed by atoms with Gasteiger partial charge < -0.3 is 14.6 Å². The second-order valence-corrected chi connectivity index (χ2v) is 4.60. The molecule has 0 aliphatic carbocycles.